The average molecular weight is 265 g/mol. The molecular weight excluding hydrogens is 242 g/mol. The molecule has 5 heteroatoms. The first-order valence-corrected chi connectivity index (χ1v) is 6.92. The van der Waals surface area contributed by atoms with Gasteiger partial charge in [0.2, 0.25) is 11.8 Å². The normalized spacial score (nSPS) is 18.1. The zero-order chi connectivity index (χ0) is 13.7. The Bertz CT molecular complexity index is 406. The van der Waals surface area contributed by atoms with Gasteiger partial charge in [0.25, 0.3) is 0 Å². The molecular formula is C14H23N3O2. The first-order valence-electron chi connectivity index (χ1n) is 6.92. The van der Waals surface area contributed by atoms with Crippen LogP contribution in [-0.4, -0.2) is 31.2 Å². The van der Waals surface area contributed by atoms with Crippen molar-refractivity contribution in [2.45, 2.75) is 38.1 Å². The van der Waals surface area contributed by atoms with E-state index in [9.17, 15) is 0 Å². The molecule has 0 spiro atoms. The predicted molar refractivity (Wildman–Crippen MR) is 73.5 cm³/mol. The third-order valence-corrected chi connectivity index (χ3v) is 3.87. The number of hydrogen-bond donors (Lipinski definition) is 1. The average Bonchev–Trinajstić information content (AvgIpc) is 2.49. The molecule has 19 heavy (non-hydrogen) atoms. The highest BCUT2D eigenvalue weighted by Crippen LogP contribution is 2.36. The fourth-order valence-electron chi connectivity index (χ4n) is 2.89. The van der Waals surface area contributed by atoms with Crippen molar-refractivity contribution < 1.29 is 9.47 Å². The van der Waals surface area contributed by atoms with Crippen LogP contribution in [0.25, 0.3) is 0 Å². The standard InChI is InChI=1S/C14H23N3O2/c1-15-12(10-7-5-4-6-8-10)13-14(19-3)17-11(18-2)9-16-13/h9-10,12,15H,4-8H2,1-3H3. The largest absolute Gasteiger partial charge is 0.480 e. The van der Waals surface area contributed by atoms with E-state index in [0.29, 0.717) is 17.7 Å². The van der Waals surface area contributed by atoms with E-state index in [0.717, 1.165) is 5.69 Å². The molecule has 106 valence electrons. The second kappa shape index (κ2) is 6.70. The van der Waals surface area contributed by atoms with Gasteiger partial charge in [-0.05, 0) is 25.8 Å². The Hall–Kier alpha value is -1.36. The van der Waals surface area contributed by atoms with Crippen LogP contribution in [0.1, 0.15) is 43.8 Å². The van der Waals surface area contributed by atoms with Crippen molar-refractivity contribution in [2.75, 3.05) is 21.3 Å². The maximum absolute atomic E-state index is 5.37. The molecule has 1 aromatic heterocycles. The van der Waals surface area contributed by atoms with E-state index >= 15 is 0 Å². The van der Waals surface area contributed by atoms with Gasteiger partial charge in [-0.15, -0.1) is 0 Å². The highest BCUT2D eigenvalue weighted by Gasteiger charge is 2.28. The fraction of sp³-hybridized carbons (Fsp3) is 0.714. The zero-order valence-corrected chi connectivity index (χ0v) is 12.0. The van der Waals surface area contributed by atoms with Crippen LogP contribution in [0.15, 0.2) is 6.20 Å². The quantitative estimate of drug-likeness (QED) is 0.885. The van der Waals surface area contributed by atoms with Crippen LogP contribution in [-0.2, 0) is 0 Å². The van der Waals surface area contributed by atoms with E-state index in [1.165, 1.54) is 32.1 Å². The number of rotatable bonds is 5. The van der Waals surface area contributed by atoms with Gasteiger partial charge in [-0.1, -0.05) is 19.3 Å². The molecule has 1 atom stereocenters. The Morgan fingerprint density at radius 2 is 1.95 bits per heavy atom. The van der Waals surface area contributed by atoms with E-state index in [4.69, 9.17) is 9.47 Å². The van der Waals surface area contributed by atoms with Gasteiger partial charge in [0, 0.05) is 0 Å². The minimum absolute atomic E-state index is 0.202. The molecule has 1 aromatic rings. The summed E-state index contributed by atoms with van der Waals surface area (Å²) in [6, 6.07) is 0.202. The Morgan fingerprint density at radius 3 is 2.53 bits per heavy atom. The fourth-order valence-corrected chi connectivity index (χ4v) is 2.89. The lowest BCUT2D eigenvalue weighted by Crippen LogP contribution is -2.28. The van der Waals surface area contributed by atoms with Gasteiger partial charge in [-0.3, -0.25) is 0 Å². The summed E-state index contributed by atoms with van der Waals surface area (Å²) < 4.78 is 10.5. The summed E-state index contributed by atoms with van der Waals surface area (Å²) in [4.78, 5) is 8.82. The second-order valence-electron chi connectivity index (χ2n) is 4.97. The molecule has 1 fully saturated rings. The van der Waals surface area contributed by atoms with Gasteiger partial charge in [-0.2, -0.15) is 4.98 Å². The number of ether oxygens (including phenoxy) is 2. The van der Waals surface area contributed by atoms with Gasteiger partial charge < -0.3 is 14.8 Å². The molecule has 2 rings (SSSR count). The number of nitrogens with zero attached hydrogens (tertiary/aromatic N) is 2. The first kappa shape index (κ1) is 14.1. The van der Waals surface area contributed by atoms with Gasteiger partial charge >= 0.3 is 0 Å². The number of aromatic nitrogens is 2. The molecule has 1 heterocycles. The summed E-state index contributed by atoms with van der Waals surface area (Å²) in [6.07, 6.45) is 8.08. The molecule has 0 radical (unpaired) electrons. The molecule has 0 aliphatic heterocycles. The topological polar surface area (TPSA) is 56.3 Å². The highest BCUT2D eigenvalue weighted by molar-refractivity contribution is 5.26. The van der Waals surface area contributed by atoms with Crippen LogP contribution in [0.2, 0.25) is 0 Å². The molecule has 1 unspecified atom stereocenters. The molecule has 5 nitrogen and oxygen atoms in total. The third kappa shape index (κ3) is 3.15. The number of nitrogens with one attached hydrogen (secondary N) is 1. The van der Waals surface area contributed by atoms with Crippen LogP contribution in [0.4, 0.5) is 0 Å². The van der Waals surface area contributed by atoms with E-state index < -0.39 is 0 Å². The summed E-state index contributed by atoms with van der Waals surface area (Å²) >= 11 is 0. The van der Waals surface area contributed by atoms with Crippen LogP contribution >= 0.6 is 0 Å². The van der Waals surface area contributed by atoms with E-state index in [-0.39, 0.29) is 6.04 Å². The van der Waals surface area contributed by atoms with Gasteiger partial charge in [0.15, 0.2) is 0 Å². The molecule has 0 aromatic carbocycles. The van der Waals surface area contributed by atoms with Crippen LogP contribution in [0, 0.1) is 5.92 Å². The molecule has 1 saturated carbocycles. The zero-order valence-electron chi connectivity index (χ0n) is 12.0. The van der Waals surface area contributed by atoms with Crippen molar-refractivity contribution in [3.05, 3.63) is 11.9 Å². The third-order valence-electron chi connectivity index (χ3n) is 3.87. The number of hydrogen-bond acceptors (Lipinski definition) is 5. The van der Waals surface area contributed by atoms with Crippen molar-refractivity contribution in [1.82, 2.24) is 15.3 Å². The van der Waals surface area contributed by atoms with Gasteiger partial charge in [0.05, 0.1) is 26.5 Å². The van der Waals surface area contributed by atoms with E-state index in [2.05, 4.69) is 15.3 Å². The SMILES string of the molecule is CNC(c1ncc(OC)nc1OC)C1CCCCC1. The Balaban J connectivity index is 2.26. The van der Waals surface area contributed by atoms with Crippen molar-refractivity contribution in [3.8, 4) is 11.8 Å². The number of methoxy groups -OCH3 is 2. The lowest BCUT2D eigenvalue weighted by molar-refractivity contribution is 0.266. The predicted octanol–water partition coefficient (Wildman–Crippen LogP) is 2.33. The Labute approximate surface area is 114 Å². The Morgan fingerprint density at radius 1 is 1.21 bits per heavy atom. The van der Waals surface area contributed by atoms with Gasteiger partial charge in [0.1, 0.15) is 5.69 Å². The molecule has 0 amide bonds. The summed E-state index contributed by atoms with van der Waals surface area (Å²) in [5, 5.41) is 3.38. The van der Waals surface area contributed by atoms with E-state index in [1.807, 2.05) is 7.05 Å². The summed E-state index contributed by atoms with van der Waals surface area (Å²) in [5.74, 6) is 1.65. The Kier molecular flexibility index (Phi) is 4.96. The molecule has 1 aliphatic rings. The minimum atomic E-state index is 0.202. The van der Waals surface area contributed by atoms with E-state index in [1.54, 1.807) is 20.4 Å². The maximum Gasteiger partial charge on any atom is 0.240 e. The molecule has 0 bridgehead atoms. The lowest BCUT2D eigenvalue weighted by Gasteiger charge is -2.30. The summed E-state index contributed by atoms with van der Waals surface area (Å²) in [6.45, 7) is 0. The van der Waals surface area contributed by atoms with Crippen LogP contribution in [0.5, 0.6) is 11.8 Å². The summed E-state index contributed by atoms with van der Waals surface area (Å²) in [7, 11) is 5.19. The monoisotopic (exact) mass is 265 g/mol. The van der Waals surface area contributed by atoms with Crippen molar-refractivity contribution in [2.24, 2.45) is 5.92 Å². The van der Waals surface area contributed by atoms with Crippen LogP contribution < -0.4 is 14.8 Å². The molecule has 1 N–H and O–H groups in total. The van der Waals surface area contributed by atoms with Crippen molar-refractivity contribution >= 4 is 0 Å². The highest BCUT2D eigenvalue weighted by atomic mass is 16.5. The molecule has 0 saturated heterocycles. The maximum atomic E-state index is 5.37. The molecule has 1 aliphatic carbocycles. The van der Waals surface area contributed by atoms with Crippen molar-refractivity contribution in [3.63, 3.8) is 0 Å². The second-order valence-corrected chi connectivity index (χ2v) is 4.97. The summed E-state index contributed by atoms with van der Waals surface area (Å²) in [5.41, 5.74) is 0.887. The smallest absolute Gasteiger partial charge is 0.240 e. The lowest BCUT2D eigenvalue weighted by atomic mass is 9.82. The van der Waals surface area contributed by atoms with Crippen molar-refractivity contribution in [1.29, 1.82) is 0 Å². The van der Waals surface area contributed by atoms with Crippen LogP contribution in [0.3, 0.4) is 0 Å². The minimum Gasteiger partial charge on any atom is -0.480 e. The first-order chi connectivity index (χ1) is 9.30. The van der Waals surface area contributed by atoms with Gasteiger partial charge in [-0.25, -0.2) is 4.98 Å².